The minimum Gasteiger partial charge on any atom is -0.367 e. The molecular weight excluding hydrogens is 188 g/mol. The molecule has 3 nitrogen and oxygen atoms in total. The molecule has 0 radical (unpaired) electrons. The van der Waals surface area contributed by atoms with Gasteiger partial charge in [0.05, 0.1) is 11.2 Å². The second-order valence-corrected chi connectivity index (χ2v) is 6.41. The highest BCUT2D eigenvalue weighted by Crippen LogP contribution is 2.44. The van der Waals surface area contributed by atoms with Crippen LogP contribution in [0.25, 0.3) is 0 Å². The molecule has 0 spiro atoms. The van der Waals surface area contributed by atoms with Crippen molar-refractivity contribution in [3.63, 3.8) is 0 Å². The van der Waals surface area contributed by atoms with Gasteiger partial charge in [0.15, 0.2) is 0 Å². The summed E-state index contributed by atoms with van der Waals surface area (Å²) in [6, 6.07) is 0. The molecule has 1 aliphatic carbocycles. The van der Waals surface area contributed by atoms with E-state index in [2.05, 4.69) is 32.6 Å². The summed E-state index contributed by atoms with van der Waals surface area (Å²) in [5.41, 5.74) is 6.10. The predicted molar refractivity (Wildman–Crippen MR) is 61.8 cm³/mol. The molecule has 88 valence electrons. The topological polar surface area (TPSA) is 38.5 Å². The Labute approximate surface area is 93.0 Å². The first-order valence-corrected chi connectivity index (χ1v) is 5.94. The number of hydrogen-bond donors (Lipinski definition) is 1. The summed E-state index contributed by atoms with van der Waals surface area (Å²) < 4.78 is 6.08. The van der Waals surface area contributed by atoms with Crippen molar-refractivity contribution in [1.82, 2.24) is 4.90 Å². The molecule has 1 saturated carbocycles. The summed E-state index contributed by atoms with van der Waals surface area (Å²) >= 11 is 0. The van der Waals surface area contributed by atoms with Gasteiger partial charge in [0, 0.05) is 25.2 Å². The highest BCUT2D eigenvalue weighted by Gasteiger charge is 2.52. The summed E-state index contributed by atoms with van der Waals surface area (Å²) in [5, 5.41) is 0. The van der Waals surface area contributed by atoms with Gasteiger partial charge in [-0.25, -0.2) is 0 Å². The van der Waals surface area contributed by atoms with E-state index in [9.17, 15) is 0 Å². The molecule has 2 fully saturated rings. The van der Waals surface area contributed by atoms with Gasteiger partial charge in [-0.15, -0.1) is 0 Å². The molecule has 0 amide bonds. The Morgan fingerprint density at radius 2 is 1.53 bits per heavy atom. The maximum absolute atomic E-state index is 6.08. The summed E-state index contributed by atoms with van der Waals surface area (Å²) in [7, 11) is 0. The molecule has 2 N–H and O–H groups in total. The van der Waals surface area contributed by atoms with Crippen molar-refractivity contribution in [3.8, 4) is 0 Å². The van der Waals surface area contributed by atoms with Crippen LogP contribution in [-0.4, -0.2) is 41.3 Å². The van der Waals surface area contributed by atoms with Crippen LogP contribution < -0.4 is 5.73 Å². The zero-order valence-electron chi connectivity index (χ0n) is 10.5. The minimum atomic E-state index is -0.0491. The molecular formula is C12H24N2O. The molecule has 0 aromatic heterocycles. The third-order valence-corrected chi connectivity index (χ3v) is 3.57. The van der Waals surface area contributed by atoms with Gasteiger partial charge in [0.1, 0.15) is 0 Å². The van der Waals surface area contributed by atoms with Gasteiger partial charge < -0.3 is 10.5 Å². The van der Waals surface area contributed by atoms with E-state index in [1.54, 1.807) is 0 Å². The van der Waals surface area contributed by atoms with Crippen LogP contribution in [0.5, 0.6) is 0 Å². The number of nitrogens with two attached hydrogens (primary N) is 1. The summed E-state index contributed by atoms with van der Waals surface area (Å²) in [6.07, 6.45) is 2.52. The summed E-state index contributed by atoms with van der Waals surface area (Å²) in [4.78, 5) is 2.55. The summed E-state index contributed by atoms with van der Waals surface area (Å²) in [5.74, 6) is 0. The fraction of sp³-hybridized carbons (Fsp3) is 1.00. The zero-order chi connectivity index (χ0) is 11.3. The zero-order valence-corrected chi connectivity index (χ0v) is 10.5. The van der Waals surface area contributed by atoms with E-state index in [1.165, 1.54) is 12.8 Å². The van der Waals surface area contributed by atoms with Crippen LogP contribution >= 0.6 is 0 Å². The maximum atomic E-state index is 6.08. The fourth-order valence-electron chi connectivity index (χ4n) is 2.92. The molecule has 1 aliphatic heterocycles. The minimum absolute atomic E-state index is 0.0491. The van der Waals surface area contributed by atoms with E-state index in [1.807, 2.05) is 0 Å². The van der Waals surface area contributed by atoms with E-state index in [0.717, 1.165) is 19.6 Å². The largest absolute Gasteiger partial charge is 0.367 e. The highest BCUT2D eigenvalue weighted by molar-refractivity contribution is 5.08. The smallest absolute Gasteiger partial charge is 0.0761 e. The second-order valence-electron chi connectivity index (χ2n) is 6.41. The number of morpholine rings is 1. The van der Waals surface area contributed by atoms with Crippen molar-refractivity contribution in [3.05, 3.63) is 0 Å². The Kier molecular flexibility index (Phi) is 2.42. The van der Waals surface area contributed by atoms with E-state index in [4.69, 9.17) is 10.5 Å². The Morgan fingerprint density at radius 3 is 1.87 bits per heavy atom. The highest BCUT2D eigenvalue weighted by atomic mass is 16.5. The van der Waals surface area contributed by atoms with E-state index >= 15 is 0 Å². The molecule has 0 bridgehead atoms. The first-order chi connectivity index (χ1) is 6.79. The van der Waals surface area contributed by atoms with Gasteiger partial charge in [-0.2, -0.15) is 0 Å². The van der Waals surface area contributed by atoms with Crippen LogP contribution in [0.15, 0.2) is 0 Å². The molecule has 0 unspecified atom stereocenters. The lowest BCUT2D eigenvalue weighted by Gasteiger charge is -2.50. The SMILES string of the molecule is CC1(C)CN(C2(CN)CC2)CC(C)(C)O1. The average molecular weight is 212 g/mol. The van der Waals surface area contributed by atoms with Gasteiger partial charge in [-0.1, -0.05) is 0 Å². The van der Waals surface area contributed by atoms with Crippen LogP contribution in [0.1, 0.15) is 40.5 Å². The lowest BCUT2D eigenvalue weighted by atomic mass is 9.96. The molecule has 2 aliphatic rings. The first-order valence-electron chi connectivity index (χ1n) is 5.94. The number of nitrogens with zero attached hydrogens (tertiary/aromatic N) is 1. The van der Waals surface area contributed by atoms with E-state index in [-0.39, 0.29) is 11.2 Å². The third kappa shape index (κ3) is 2.19. The Balaban J connectivity index is 2.14. The van der Waals surface area contributed by atoms with E-state index < -0.39 is 0 Å². The predicted octanol–water partition coefficient (Wildman–Crippen LogP) is 1.37. The first kappa shape index (κ1) is 11.4. The molecule has 0 aromatic carbocycles. The van der Waals surface area contributed by atoms with Crippen molar-refractivity contribution >= 4 is 0 Å². The van der Waals surface area contributed by atoms with Crippen molar-refractivity contribution in [2.45, 2.75) is 57.3 Å². The Morgan fingerprint density at radius 1 is 1.07 bits per heavy atom. The van der Waals surface area contributed by atoms with Crippen molar-refractivity contribution in [2.75, 3.05) is 19.6 Å². The molecule has 0 atom stereocenters. The quantitative estimate of drug-likeness (QED) is 0.751. The Bertz CT molecular complexity index is 240. The molecule has 2 rings (SSSR count). The van der Waals surface area contributed by atoms with E-state index in [0.29, 0.717) is 5.54 Å². The summed E-state index contributed by atoms with van der Waals surface area (Å²) in [6.45, 7) is 11.5. The van der Waals surface area contributed by atoms with Gasteiger partial charge in [0.25, 0.3) is 0 Å². The fourth-order valence-corrected chi connectivity index (χ4v) is 2.92. The lowest BCUT2D eigenvalue weighted by Crippen LogP contribution is -2.61. The van der Waals surface area contributed by atoms with Gasteiger partial charge >= 0.3 is 0 Å². The average Bonchev–Trinajstić information content (AvgIpc) is 2.77. The van der Waals surface area contributed by atoms with Crippen LogP contribution in [0.3, 0.4) is 0 Å². The monoisotopic (exact) mass is 212 g/mol. The molecule has 15 heavy (non-hydrogen) atoms. The molecule has 1 heterocycles. The van der Waals surface area contributed by atoms with Gasteiger partial charge in [0.2, 0.25) is 0 Å². The second kappa shape index (κ2) is 3.19. The molecule has 0 aromatic rings. The van der Waals surface area contributed by atoms with Gasteiger partial charge in [-0.3, -0.25) is 4.90 Å². The van der Waals surface area contributed by atoms with Crippen molar-refractivity contribution < 1.29 is 4.74 Å². The maximum Gasteiger partial charge on any atom is 0.0761 e. The Hall–Kier alpha value is -0.120. The van der Waals surface area contributed by atoms with Crippen LogP contribution in [0.4, 0.5) is 0 Å². The third-order valence-electron chi connectivity index (χ3n) is 3.57. The van der Waals surface area contributed by atoms with Crippen LogP contribution in [0, 0.1) is 0 Å². The van der Waals surface area contributed by atoms with Crippen molar-refractivity contribution in [1.29, 1.82) is 0 Å². The van der Waals surface area contributed by atoms with Crippen LogP contribution in [0.2, 0.25) is 0 Å². The number of rotatable bonds is 2. The van der Waals surface area contributed by atoms with Crippen molar-refractivity contribution in [2.24, 2.45) is 5.73 Å². The van der Waals surface area contributed by atoms with Crippen LogP contribution in [-0.2, 0) is 4.74 Å². The lowest BCUT2D eigenvalue weighted by molar-refractivity contribution is -0.189. The molecule has 3 heteroatoms. The molecule has 1 saturated heterocycles. The normalized spacial score (nSPS) is 32.6. The number of ether oxygens (including phenoxy) is 1. The van der Waals surface area contributed by atoms with Gasteiger partial charge in [-0.05, 0) is 40.5 Å². The standard InChI is InChI=1S/C12H24N2O/c1-10(2)8-14(9-11(3,4)15-10)12(7-13)5-6-12/h5-9,13H2,1-4H3. The number of hydrogen-bond acceptors (Lipinski definition) is 3.